The predicted molar refractivity (Wildman–Crippen MR) is 116 cm³/mol. The second kappa shape index (κ2) is 18.6. The van der Waals surface area contributed by atoms with Gasteiger partial charge in [-0.1, -0.05) is 41.5 Å². The van der Waals surface area contributed by atoms with Crippen molar-refractivity contribution in [1.29, 1.82) is 0 Å². The van der Waals surface area contributed by atoms with Gasteiger partial charge in [-0.05, 0) is 0 Å². The predicted octanol–water partition coefficient (Wildman–Crippen LogP) is -0.101. The first-order chi connectivity index (χ1) is 12.0. The van der Waals surface area contributed by atoms with Gasteiger partial charge in [0.1, 0.15) is 11.6 Å². The zero-order valence-electron chi connectivity index (χ0n) is 18.5. The summed E-state index contributed by atoms with van der Waals surface area (Å²) in [5, 5.41) is 9.71. The van der Waals surface area contributed by atoms with Crippen LogP contribution in [-0.2, 0) is 9.59 Å². The van der Waals surface area contributed by atoms with Gasteiger partial charge in [-0.25, -0.2) is 0 Å². The number of hydrogen-bond donors (Lipinski definition) is 5. The van der Waals surface area contributed by atoms with E-state index in [0.717, 1.165) is 39.3 Å². The van der Waals surface area contributed by atoms with Gasteiger partial charge in [0.25, 0.3) is 0 Å². The molecule has 7 nitrogen and oxygen atoms in total. The van der Waals surface area contributed by atoms with Gasteiger partial charge in [-0.15, -0.1) is 0 Å². The maximum atomic E-state index is 11.5. The van der Waals surface area contributed by atoms with Crippen molar-refractivity contribution < 1.29 is 9.59 Å². The van der Waals surface area contributed by atoms with Crippen molar-refractivity contribution in [3.63, 3.8) is 0 Å². The molecule has 2 radical (unpaired) electrons. The molecule has 0 unspecified atom stereocenters. The Balaban J connectivity index is -0.000000411. The normalized spacial score (nSPS) is 11.3. The summed E-state index contributed by atoms with van der Waals surface area (Å²) < 4.78 is 0. The van der Waals surface area contributed by atoms with Crippen molar-refractivity contribution >= 4 is 57.0 Å². The number of hydrogen-bond acceptors (Lipinski definition) is 7. The van der Waals surface area contributed by atoms with E-state index in [4.69, 9.17) is 11.5 Å². The Kier molecular flexibility index (Phi) is 22.3. The first-order valence-electron chi connectivity index (χ1n) is 9.55. The van der Waals surface area contributed by atoms with Crippen LogP contribution in [0.3, 0.4) is 0 Å². The number of carbonyl (C=O) groups excluding carboxylic acids is 2. The van der Waals surface area contributed by atoms with Crippen molar-refractivity contribution in [3.8, 4) is 0 Å². The van der Waals surface area contributed by atoms with E-state index >= 15 is 0 Å². The minimum absolute atomic E-state index is 0. The molecular weight excluding hydrogens is 418 g/mol. The zero-order valence-corrected chi connectivity index (χ0v) is 22.0. The number of nitrogens with one attached hydrogen (secondary N) is 3. The van der Waals surface area contributed by atoms with Crippen molar-refractivity contribution in [2.45, 2.75) is 48.0 Å². The summed E-state index contributed by atoms with van der Waals surface area (Å²) in [6, 6.07) is 0. The van der Waals surface area contributed by atoms with E-state index in [9.17, 15) is 9.59 Å². The summed E-state index contributed by atoms with van der Waals surface area (Å²) in [5.41, 5.74) is 9.84. The van der Waals surface area contributed by atoms with Crippen LogP contribution in [0.4, 0.5) is 0 Å². The molecule has 7 N–H and O–H groups in total. The molecule has 0 atom stereocenters. The average Bonchev–Trinajstić information content (AvgIpc) is 2.52. The van der Waals surface area contributed by atoms with Crippen LogP contribution in [0.5, 0.6) is 0 Å². The number of Topliss-reactive ketones (excluding diaryl/α,β-unsaturated/α-hetero) is 2. The molecule has 0 aliphatic carbocycles. The van der Waals surface area contributed by atoms with E-state index in [-0.39, 0.29) is 63.5 Å². The number of rotatable bonds is 12. The van der Waals surface area contributed by atoms with Crippen LogP contribution >= 0.6 is 0 Å². The molecule has 0 aliphatic heterocycles. The Hall–Kier alpha value is 0.621. The Morgan fingerprint density at radius 2 is 0.889 bits per heavy atom. The molecule has 0 aromatic carbocycles. The van der Waals surface area contributed by atoms with E-state index in [2.05, 4.69) is 16.0 Å². The second-order valence-electron chi connectivity index (χ2n) is 8.35. The fourth-order valence-corrected chi connectivity index (χ4v) is 1.61. The van der Waals surface area contributed by atoms with E-state index in [1.807, 2.05) is 41.5 Å². The smallest absolute Gasteiger partial charge is 0.145 e. The molecule has 0 aromatic rings. The second-order valence-corrected chi connectivity index (χ2v) is 8.35. The molecule has 27 heavy (non-hydrogen) atoms. The van der Waals surface area contributed by atoms with Crippen LogP contribution in [0, 0.1) is 10.8 Å². The number of nitrogens with two attached hydrogens (primary N) is 2. The van der Waals surface area contributed by atoms with Gasteiger partial charge in [0, 0.05) is 109 Å². The Morgan fingerprint density at radius 3 is 1.11 bits per heavy atom. The third-order valence-electron chi connectivity index (χ3n) is 3.59. The first-order valence-corrected chi connectivity index (χ1v) is 9.55. The van der Waals surface area contributed by atoms with Crippen LogP contribution in [0.2, 0.25) is 0 Å². The van der Waals surface area contributed by atoms with Crippen LogP contribution in [-0.4, -0.2) is 109 Å². The molecule has 0 spiro atoms. The first kappa shape index (κ1) is 32.3. The molecule has 0 aromatic heterocycles. The summed E-state index contributed by atoms with van der Waals surface area (Å²) in [5.74, 6) is 0.0415. The summed E-state index contributed by atoms with van der Waals surface area (Å²) in [7, 11) is 0. The topological polar surface area (TPSA) is 122 Å². The molecule has 0 saturated carbocycles. The Morgan fingerprint density at radius 1 is 0.630 bits per heavy atom. The molecule has 0 saturated heterocycles. The minimum Gasteiger partial charge on any atom is -0.329 e. The third kappa shape index (κ3) is 22.8. The number of ketones is 2. The third-order valence-corrected chi connectivity index (χ3v) is 3.59. The van der Waals surface area contributed by atoms with E-state index in [0.29, 0.717) is 13.1 Å². The fourth-order valence-electron chi connectivity index (χ4n) is 1.61. The maximum absolute atomic E-state index is 11.5. The van der Waals surface area contributed by atoms with Gasteiger partial charge >= 0.3 is 0 Å². The fraction of sp³-hybridized carbons (Fsp3) is 0.895. The molecule has 8 heteroatoms. The van der Waals surface area contributed by atoms with Gasteiger partial charge < -0.3 is 27.4 Å². The van der Waals surface area contributed by atoms with Crippen LogP contribution in [0.1, 0.15) is 48.0 Å². The van der Waals surface area contributed by atoms with Gasteiger partial charge in [0.2, 0.25) is 0 Å². The summed E-state index contributed by atoms with van der Waals surface area (Å²) in [6.07, 6.45) is 0.0625. The molecule has 0 rings (SSSR count). The van der Waals surface area contributed by atoms with Gasteiger partial charge in [0.05, 0.1) is 6.42 Å². The monoisotopic (exact) mass is 461 g/mol. The average molecular weight is 461 g/mol. The van der Waals surface area contributed by atoms with Crippen LogP contribution in [0.15, 0.2) is 0 Å². The van der Waals surface area contributed by atoms with Crippen molar-refractivity contribution in [1.82, 2.24) is 16.0 Å². The van der Waals surface area contributed by atoms with E-state index < -0.39 is 10.8 Å². The standard InChI is InChI=1S/C11H20O2.C8H23N5.Sr/c1-10(2,3)8(12)7-9(13)11(4,5)6;9-1-3-11-5-7-13-8-6-12-4-2-10;/h7H2,1-6H3;11-13H,1-10H2;. The number of carbonyl (C=O) groups is 2. The van der Waals surface area contributed by atoms with E-state index in [1.165, 1.54) is 0 Å². The van der Waals surface area contributed by atoms with Gasteiger partial charge in [-0.3, -0.25) is 9.59 Å². The molecule has 0 bridgehead atoms. The molecule has 158 valence electrons. The zero-order chi connectivity index (χ0) is 20.6. The summed E-state index contributed by atoms with van der Waals surface area (Å²) >= 11 is 0. The molecule has 0 heterocycles. The van der Waals surface area contributed by atoms with E-state index in [1.54, 1.807) is 0 Å². The minimum atomic E-state index is -0.402. The van der Waals surface area contributed by atoms with Crippen molar-refractivity contribution in [2.75, 3.05) is 52.4 Å². The van der Waals surface area contributed by atoms with Crippen molar-refractivity contribution in [3.05, 3.63) is 0 Å². The maximum Gasteiger partial charge on any atom is 0.145 e. The largest absolute Gasteiger partial charge is 0.329 e. The Labute approximate surface area is 203 Å². The van der Waals surface area contributed by atoms with Crippen LogP contribution in [0.25, 0.3) is 0 Å². The summed E-state index contributed by atoms with van der Waals surface area (Å²) in [4.78, 5) is 23.0. The Bertz CT molecular complexity index is 345. The summed E-state index contributed by atoms with van der Waals surface area (Å²) in [6.45, 7) is 18.2. The molecule has 0 amide bonds. The molecule has 0 fully saturated rings. The van der Waals surface area contributed by atoms with Gasteiger partial charge in [0.15, 0.2) is 0 Å². The SMILES string of the molecule is CC(C)(C)C(=O)CC(=O)C(C)(C)C.NCCNCCNCCNCCN.[Sr]. The van der Waals surface area contributed by atoms with Gasteiger partial charge in [-0.2, -0.15) is 0 Å². The molecule has 0 aliphatic rings. The van der Waals surface area contributed by atoms with Crippen LogP contribution < -0.4 is 27.4 Å². The van der Waals surface area contributed by atoms with Crippen molar-refractivity contribution in [2.24, 2.45) is 22.3 Å². The quantitative estimate of drug-likeness (QED) is 0.156. The molecular formula is C19H43N5O2Sr.